The Morgan fingerprint density at radius 3 is 2.60 bits per heavy atom. The summed E-state index contributed by atoms with van der Waals surface area (Å²) in [6.45, 7) is 10.9. The van der Waals surface area contributed by atoms with Crippen LogP contribution in [0.3, 0.4) is 0 Å². The fourth-order valence-electron chi connectivity index (χ4n) is 3.79. The van der Waals surface area contributed by atoms with E-state index in [2.05, 4.69) is 27.4 Å². The van der Waals surface area contributed by atoms with E-state index in [-0.39, 0.29) is 6.10 Å². The number of hydrogen-bond donors (Lipinski definition) is 0. The van der Waals surface area contributed by atoms with Crippen LogP contribution in [0, 0.1) is 17.8 Å². The average molecular weight is 383 g/mol. The molecular weight excluding hydrogens is 351 g/mol. The molecule has 0 aliphatic heterocycles. The van der Waals surface area contributed by atoms with Crippen LogP contribution in [0.4, 0.5) is 0 Å². The Morgan fingerprint density at radius 1 is 1.32 bits per heavy atom. The van der Waals surface area contributed by atoms with E-state index in [1.807, 2.05) is 30.3 Å². The zero-order valence-corrected chi connectivity index (χ0v) is 17.4. The highest BCUT2D eigenvalue weighted by Crippen LogP contribution is 2.58. The quantitative estimate of drug-likeness (QED) is 0.374. The minimum absolute atomic E-state index is 0.0301. The van der Waals surface area contributed by atoms with E-state index in [1.165, 1.54) is 6.42 Å². The Labute approximate surface area is 158 Å². The summed E-state index contributed by atoms with van der Waals surface area (Å²) < 4.78 is 20.5. The van der Waals surface area contributed by atoms with Crippen LogP contribution in [-0.2, 0) is 9.09 Å². The topological polar surface area (TPSA) is 26.3 Å². The van der Waals surface area contributed by atoms with Crippen LogP contribution in [0.1, 0.15) is 52.9 Å². The highest BCUT2D eigenvalue weighted by Gasteiger charge is 2.39. The fourth-order valence-corrected chi connectivity index (χ4v) is 6.20. The monoisotopic (exact) mass is 382 g/mol. The molecule has 0 heterocycles. The number of hydrogen-bond acceptors (Lipinski definition) is 2. The number of rotatable bonds is 8. The second-order valence-electron chi connectivity index (χ2n) is 7.72. The van der Waals surface area contributed by atoms with Gasteiger partial charge in [0.05, 0.1) is 6.10 Å². The van der Waals surface area contributed by atoms with Crippen LogP contribution in [-0.4, -0.2) is 12.0 Å². The molecule has 1 aliphatic rings. The molecule has 0 aromatic heterocycles. The first-order valence-electron chi connectivity index (χ1n) is 9.46. The van der Waals surface area contributed by atoms with Gasteiger partial charge in [-0.1, -0.05) is 52.0 Å². The van der Waals surface area contributed by atoms with Crippen LogP contribution in [0.25, 0.3) is 0 Å². The third kappa shape index (κ3) is 5.22. The highest BCUT2D eigenvalue weighted by molar-refractivity contribution is 7.71. The number of halogens is 1. The molecule has 0 radical (unpaired) electrons. The summed E-state index contributed by atoms with van der Waals surface area (Å²) in [7, 11) is -3.12. The van der Waals surface area contributed by atoms with Gasteiger partial charge in [-0.3, -0.25) is 4.57 Å². The van der Waals surface area contributed by atoms with E-state index < -0.39 is 7.37 Å². The Morgan fingerprint density at radius 2 is 2.00 bits per heavy atom. The van der Waals surface area contributed by atoms with E-state index in [0.29, 0.717) is 35.4 Å². The summed E-state index contributed by atoms with van der Waals surface area (Å²) in [4.78, 5) is 0. The van der Waals surface area contributed by atoms with Gasteiger partial charge in [0.25, 0.3) is 7.37 Å². The first-order chi connectivity index (χ1) is 11.9. The van der Waals surface area contributed by atoms with Crippen molar-refractivity contribution in [1.82, 2.24) is 0 Å². The van der Waals surface area contributed by atoms with E-state index >= 15 is 0 Å². The lowest BCUT2D eigenvalue weighted by Gasteiger charge is -2.39. The number of alkyl halides is 1. The van der Waals surface area contributed by atoms with Gasteiger partial charge in [0.1, 0.15) is 0 Å². The molecule has 0 amide bonds. The smallest absolute Gasteiger partial charge is 0.257 e. The second-order valence-corrected chi connectivity index (χ2v) is 10.6. The minimum atomic E-state index is -3.12. The molecule has 4 atom stereocenters. The predicted octanol–water partition coefficient (Wildman–Crippen LogP) is 6.60. The summed E-state index contributed by atoms with van der Waals surface area (Å²) in [6.07, 6.45) is 4.79. The Balaban J connectivity index is 2.31. The van der Waals surface area contributed by atoms with Crippen molar-refractivity contribution in [2.75, 3.05) is 5.88 Å². The minimum Gasteiger partial charge on any atom is -0.319 e. The summed E-state index contributed by atoms with van der Waals surface area (Å²) in [5.41, 5.74) is 0. The molecule has 2 nitrogen and oxygen atoms in total. The van der Waals surface area contributed by atoms with Gasteiger partial charge >= 0.3 is 0 Å². The lowest BCUT2D eigenvalue weighted by Crippen LogP contribution is -2.34. The van der Waals surface area contributed by atoms with Gasteiger partial charge in [-0.25, -0.2) is 0 Å². The third-order valence-electron chi connectivity index (χ3n) is 5.36. The van der Waals surface area contributed by atoms with Crippen molar-refractivity contribution in [3.63, 3.8) is 0 Å². The normalized spacial score (nSPS) is 26.4. The van der Waals surface area contributed by atoms with Crippen molar-refractivity contribution in [2.24, 2.45) is 17.8 Å². The second kappa shape index (κ2) is 9.40. The molecule has 0 spiro atoms. The molecule has 1 aliphatic carbocycles. The molecule has 2 rings (SSSR count). The maximum atomic E-state index is 14.0. The molecule has 0 N–H and O–H groups in total. The molecule has 1 saturated carbocycles. The van der Waals surface area contributed by atoms with Crippen LogP contribution in [0.15, 0.2) is 42.2 Å². The van der Waals surface area contributed by atoms with Crippen molar-refractivity contribution in [3.8, 4) is 0 Å². The van der Waals surface area contributed by atoms with Crippen molar-refractivity contribution >= 4 is 24.3 Å². The van der Waals surface area contributed by atoms with E-state index in [0.717, 1.165) is 24.6 Å². The van der Waals surface area contributed by atoms with Crippen molar-refractivity contribution in [2.45, 2.75) is 59.0 Å². The third-order valence-corrected chi connectivity index (χ3v) is 8.23. The lowest BCUT2D eigenvalue weighted by atomic mass is 9.75. The maximum absolute atomic E-state index is 14.0. The van der Waals surface area contributed by atoms with Gasteiger partial charge < -0.3 is 4.52 Å². The lowest BCUT2D eigenvalue weighted by molar-refractivity contribution is 0.0507. The molecule has 1 aromatic rings. The zero-order chi connectivity index (χ0) is 18.4. The van der Waals surface area contributed by atoms with Crippen LogP contribution in [0.2, 0.25) is 0 Å². The van der Waals surface area contributed by atoms with E-state index in [1.54, 1.807) is 0 Å². The molecule has 0 unspecified atom stereocenters. The van der Waals surface area contributed by atoms with Gasteiger partial charge in [-0.15, -0.1) is 11.6 Å². The highest BCUT2D eigenvalue weighted by atomic mass is 35.5. The van der Waals surface area contributed by atoms with Crippen molar-refractivity contribution in [3.05, 3.63) is 42.2 Å². The molecule has 0 saturated heterocycles. The van der Waals surface area contributed by atoms with Crippen LogP contribution >= 0.6 is 19.0 Å². The predicted molar refractivity (Wildman–Crippen MR) is 109 cm³/mol. The largest absolute Gasteiger partial charge is 0.319 e. The molecule has 1 aromatic carbocycles. The van der Waals surface area contributed by atoms with Gasteiger partial charge in [-0.2, -0.15) is 0 Å². The first-order valence-corrected chi connectivity index (χ1v) is 11.6. The molecular formula is C21H32ClO2P. The van der Waals surface area contributed by atoms with Crippen LogP contribution in [0.5, 0.6) is 0 Å². The fraction of sp³-hybridized carbons (Fsp3) is 0.619. The number of benzene rings is 1. The standard InChI is InChI=1S/C21H32ClO2P/c1-16(2)20-13-12-17(3)15-21(20)24-25(23,18(4)9-8-14-22)19-10-6-5-7-11-19/h5-7,10-11,16-17,20-21H,4,8-9,12-15H2,1-3H3/t17-,20+,21-,25-/m1/s1. The zero-order valence-electron chi connectivity index (χ0n) is 15.8. The van der Waals surface area contributed by atoms with E-state index in [4.69, 9.17) is 16.1 Å². The SMILES string of the molecule is C=C(CCCCl)[P@@](=O)(O[C@@H]1C[C@H](C)CC[C@H]1C(C)C)c1ccccc1. The van der Waals surface area contributed by atoms with Crippen LogP contribution < -0.4 is 5.30 Å². The maximum Gasteiger partial charge on any atom is 0.257 e. The molecule has 0 bridgehead atoms. The molecule has 1 fully saturated rings. The molecule has 140 valence electrons. The summed E-state index contributed by atoms with van der Waals surface area (Å²) in [5, 5.41) is 1.45. The van der Waals surface area contributed by atoms with Gasteiger partial charge in [-0.05, 0) is 55.6 Å². The van der Waals surface area contributed by atoms with Gasteiger partial charge in [0.15, 0.2) is 0 Å². The summed E-state index contributed by atoms with van der Waals surface area (Å²) in [6, 6.07) is 9.59. The Kier molecular flexibility index (Phi) is 7.80. The molecule has 4 heteroatoms. The Hall–Kier alpha value is -0.560. The Bertz CT molecular complexity index is 599. The first kappa shape index (κ1) is 20.7. The summed E-state index contributed by atoms with van der Waals surface area (Å²) in [5.74, 6) is 2.13. The molecule has 25 heavy (non-hydrogen) atoms. The van der Waals surface area contributed by atoms with Gasteiger partial charge in [0, 0.05) is 16.5 Å². The van der Waals surface area contributed by atoms with Crippen molar-refractivity contribution < 1.29 is 9.09 Å². The van der Waals surface area contributed by atoms with Gasteiger partial charge in [0.2, 0.25) is 0 Å². The number of allylic oxidation sites excluding steroid dienone is 1. The van der Waals surface area contributed by atoms with Crippen molar-refractivity contribution in [1.29, 1.82) is 0 Å². The average Bonchev–Trinajstić information content (AvgIpc) is 2.60. The van der Waals surface area contributed by atoms with E-state index in [9.17, 15) is 4.57 Å². The summed E-state index contributed by atoms with van der Waals surface area (Å²) >= 11 is 5.85.